The van der Waals surface area contributed by atoms with Gasteiger partial charge in [0.05, 0.1) is 28.6 Å². The molecule has 8 heteroatoms. The standard InChI is InChI=1S/C21H22ClN5O2/c1-29-14-9-13(19-16(10-14)17(22)12-25-19)11-23-7-4-8-24-21-26-18-6-3-2-5-15(18)20(28)27-21/h2-3,5-6,9-10,12,23,25H,4,7-8,11H2,1H3,(H2,24,26,27,28). The van der Waals surface area contributed by atoms with E-state index in [-0.39, 0.29) is 5.56 Å². The molecule has 0 atom stereocenters. The molecule has 2 aromatic heterocycles. The number of nitrogens with one attached hydrogen (secondary N) is 4. The number of methoxy groups -OCH3 is 1. The number of para-hydroxylation sites is 1. The van der Waals surface area contributed by atoms with Crippen LogP contribution < -0.4 is 20.9 Å². The van der Waals surface area contributed by atoms with Crippen molar-refractivity contribution >= 4 is 39.4 Å². The van der Waals surface area contributed by atoms with Gasteiger partial charge in [-0.1, -0.05) is 23.7 Å². The number of rotatable bonds is 8. The van der Waals surface area contributed by atoms with Crippen LogP contribution >= 0.6 is 11.6 Å². The summed E-state index contributed by atoms with van der Waals surface area (Å²) in [5.41, 5.74) is 2.66. The molecule has 0 aliphatic carbocycles. The number of ether oxygens (including phenoxy) is 1. The predicted molar refractivity (Wildman–Crippen MR) is 117 cm³/mol. The van der Waals surface area contributed by atoms with Gasteiger partial charge in [-0.25, -0.2) is 4.98 Å². The minimum Gasteiger partial charge on any atom is -0.497 e. The summed E-state index contributed by atoms with van der Waals surface area (Å²) < 4.78 is 5.38. The van der Waals surface area contributed by atoms with Gasteiger partial charge < -0.3 is 20.4 Å². The number of hydrogen-bond donors (Lipinski definition) is 4. The highest BCUT2D eigenvalue weighted by atomic mass is 35.5. The SMILES string of the molecule is COc1cc(CNCCCNc2nc3ccccc3c(=O)[nH]2)c2[nH]cc(Cl)c2c1. The average molecular weight is 412 g/mol. The third kappa shape index (κ3) is 4.21. The molecule has 0 saturated heterocycles. The molecule has 0 spiro atoms. The van der Waals surface area contributed by atoms with E-state index in [2.05, 4.69) is 25.6 Å². The Morgan fingerprint density at radius 3 is 2.90 bits per heavy atom. The second-order valence-corrected chi connectivity index (χ2v) is 7.14. The summed E-state index contributed by atoms with van der Waals surface area (Å²) >= 11 is 6.24. The molecule has 0 aliphatic rings. The highest BCUT2D eigenvalue weighted by molar-refractivity contribution is 6.35. The van der Waals surface area contributed by atoms with Crippen LogP contribution in [0.3, 0.4) is 0 Å². The largest absolute Gasteiger partial charge is 0.497 e. The average Bonchev–Trinajstić information content (AvgIpc) is 3.11. The van der Waals surface area contributed by atoms with Crippen LogP contribution in [0.5, 0.6) is 5.75 Å². The van der Waals surface area contributed by atoms with Gasteiger partial charge in [0.25, 0.3) is 5.56 Å². The monoisotopic (exact) mass is 411 g/mol. The van der Waals surface area contributed by atoms with Crippen molar-refractivity contribution in [2.75, 3.05) is 25.5 Å². The molecule has 7 nitrogen and oxygen atoms in total. The summed E-state index contributed by atoms with van der Waals surface area (Å²) in [6.45, 7) is 2.18. The third-order valence-corrected chi connectivity index (χ3v) is 5.09. The Morgan fingerprint density at radius 2 is 2.03 bits per heavy atom. The van der Waals surface area contributed by atoms with Crippen LogP contribution in [-0.4, -0.2) is 35.2 Å². The lowest BCUT2D eigenvalue weighted by atomic mass is 10.1. The van der Waals surface area contributed by atoms with Crippen molar-refractivity contribution in [1.29, 1.82) is 0 Å². The van der Waals surface area contributed by atoms with E-state index in [0.29, 0.717) is 35.0 Å². The maximum Gasteiger partial charge on any atom is 0.260 e. The third-order valence-electron chi connectivity index (χ3n) is 4.78. The molecule has 4 aromatic rings. The smallest absolute Gasteiger partial charge is 0.260 e. The Morgan fingerprint density at radius 1 is 1.17 bits per heavy atom. The van der Waals surface area contributed by atoms with Gasteiger partial charge in [-0.2, -0.15) is 0 Å². The molecular formula is C21H22ClN5O2. The van der Waals surface area contributed by atoms with Gasteiger partial charge >= 0.3 is 0 Å². The van der Waals surface area contributed by atoms with Crippen LogP contribution in [-0.2, 0) is 6.54 Å². The first-order valence-corrected chi connectivity index (χ1v) is 9.80. The number of hydrogen-bond acceptors (Lipinski definition) is 5. The molecule has 0 saturated carbocycles. The molecule has 2 aromatic carbocycles. The normalized spacial score (nSPS) is 11.2. The first-order chi connectivity index (χ1) is 14.2. The molecular weight excluding hydrogens is 390 g/mol. The van der Waals surface area contributed by atoms with E-state index in [0.717, 1.165) is 35.2 Å². The maximum atomic E-state index is 12.1. The highest BCUT2D eigenvalue weighted by Crippen LogP contribution is 2.30. The molecule has 0 aliphatic heterocycles. The summed E-state index contributed by atoms with van der Waals surface area (Å²) in [5, 5.41) is 8.84. The first-order valence-electron chi connectivity index (χ1n) is 9.43. The van der Waals surface area contributed by atoms with E-state index < -0.39 is 0 Å². The Kier molecular flexibility index (Phi) is 5.69. The Bertz CT molecular complexity index is 1200. The van der Waals surface area contributed by atoms with Crippen LogP contribution in [0.15, 0.2) is 47.4 Å². The van der Waals surface area contributed by atoms with Crippen molar-refractivity contribution in [3.63, 3.8) is 0 Å². The highest BCUT2D eigenvalue weighted by Gasteiger charge is 2.09. The van der Waals surface area contributed by atoms with Crippen LogP contribution in [0.4, 0.5) is 5.95 Å². The van der Waals surface area contributed by atoms with Crippen molar-refractivity contribution in [3.8, 4) is 5.75 Å². The summed E-state index contributed by atoms with van der Waals surface area (Å²) in [6.07, 6.45) is 2.66. The zero-order valence-electron chi connectivity index (χ0n) is 16.0. The lowest BCUT2D eigenvalue weighted by molar-refractivity contribution is 0.414. The van der Waals surface area contributed by atoms with Gasteiger partial charge in [0.1, 0.15) is 5.75 Å². The molecule has 4 rings (SSSR count). The summed E-state index contributed by atoms with van der Waals surface area (Å²) in [5.74, 6) is 1.27. The molecule has 0 unspecified atom stereocenters. The van der Waals surface area contributed by atoms with Gasteiger partial charge in [0.2, 0.25) is 5.95 Å². The van der Waals surface area contributed by atoms with Crippen LogP contribution in [0.2, 0.25) is 5.02 Å². The molecule has 0 fully saturated rings. The number of anilines is 1. The summed E-state index contributed by atoms with van der Waals surface area (Å²) in [4.78, 5) is 22.5. The lowest BCUT2D eigenvalue weighted by Gasteiger charge is -2.10. The van der Waals surface area contributed by atoms with E-state index in [9.17, 15) is 4.79 Å². The van der Waals surface area contributed by atoms with E-state index >= 15 is 0 Å². The molecule has 29 heavy (non-hydrogen) atoms. The van der Waals surface area contributed by atoms with E-state index in [1.807, 2.05) is 30.3 Å². The topological polar surface area (TPSA) is 94.8 Å². The van der Waals surface area contributed by atoms with Crippen LogP contribution in [0, 0.1) is 0 Å². The van der Waals surface area contributed by atoms with E-state index in [4.69, 9.17) is 16.3 Å². The number of H-pyrrole nitrogens is 2. The molecule has 0 amide bonds. The van der Waals surface area contributed by atoms with Gasteiger partial charge in [0.15, 0.2) is 0 Å². The minimum atomic E-state index is -0.136. The first kappa shape index (κ1) is 19.3. The number of nitrogens with zero attached hydrogens (tertiary/aromatic N) is 1. The zero-order chi connectivity index (χ0) is 20.2. The van der Waals surface area contributed by atoms with Gasteiger partial charge in [-0.15, -0.1) is 0 Å². The number of fused-ring (bicyclic) bond motifs is 2. The van der Waals surface area contributed by atoms with Gasteiger partial charge in [-0.05, 0) is 42.8 Å². The predicted octanol–water partition coefficient (Wildman–Crippen LogP) is 3.66. The second kappa shape index (κ2) is 8.55. The quantitative estimate of drug-likeness (QED) is 0.332. The van der Waals surface area contributed by atoms with Gasteiger partial charge in [-0.3, -0.25) is 9.78 Å². The van der Waals surface area contributed by atoms with E-state index in [1.54, 1.807) is 19.4 Å². The zero-order valence-corrected chi connectivity index (χ0v) is 16.8. The second-order valence-electron chi connectivity index (χ2n) is 6.73. The minimum absolute atomic E-state index is 0.136. The van der Waals surface area contributed by atoms with Crippen molar-refractivity contribution in [2.24, 2.45) is 0 Å². The molecule has 0 radical (unpaired) electrons. The van der Waals surface area contributed by atoms with Crippen molar-refractivity contribution in [1.82, 2.24) is 20.3 Å². The fraction of sp³-hybridized carbons (Fsp3) is 0.238. The molecule has 2 heterocycles. The number of aromatic amines is 2. The maximum absolute atomic E-state index is 12.1. The molecule has 150 valence electrons. The van der Waals surface area contributed by atoms with Crippen molar-refractivity contribution < 1.29 is 4.74 Å². The number of aromatic nitrogens is 3. The van der Waals surface area contributed by atoms with E-state index in [1.165, 1.54) is 0 Å². The number of benzene rings is 2. The van der Waals surface area contributed by atoms with Crippen LogP contribution in [0.1, 0.15) is 12.0 Å². The fourth-order valence-corrected chi connectivity index (χ4v) is 3.52. The summed E-state index contributed by atoms with van der Waals surface area (Å²) in [6, 6.07) is 11.2. The van der Waals surface area contributed by atoms with Crippen LogP contribution in [0.25, 0.3) is 21.8 Å². The van der Waals surface area contributed by atoms with Crippen molar-refractivity contribution in [3.05, 3.63) is 63.5 Å². The Labute approximate surface area is 172 Å². The van der Waals surface area contributed by atoms with Crippen molar-refractivity contribution in [2.45, 2.75) is 13.0 Å². The number of halogens is 1. The molecule has 0 bridgehead atoms. The molecule has 4 N–H and O–H groups in total. The fourth-order valence-electron chi connectivity index (χ4n) is 3.32. The lowest BCUT2D eigenvalue weighted by Crippen LogP contribution is -2.19. The Hall–Kier alpha value is -3.03. The van der Waals surface area contributed by atoms with Gasteiger partial charge in [0, 0.05) is 24.7 Å². The Balaban J connectivity index is 1.31. The summed E-state index contributed by atoms with van der Waals surface area (Å²) in [7, 11) is 1.65.